The van der Waals surface area contributed by atoms with Crippen LogP contribution in [0.5, 0.6) is 0 Å². The topological polar surface area (TPSA) is 63.8 Å². The molecular weight excluding hydrogens is 199 g/mol. The highest BCUT2D eigenvalue weighted by Gasteiger charge is 1.90. The predicted octanol–water partition coefficient (Wildman–Crippen LogP) is 0.821. The van der Waals surface area contributed by atoms with Gasteiger partial charge in [-0.25, -0.2) is 4.98 Å². The predicted molar refractivity (Wildman–Crippen MR) is 54.0 cm³/mol. The Morgan fingerprint density at radius 2 is 2.00 bits per heavy atom. The van der Waals surface area contributed by atoms with Crippen LogP contribution in [0.25, 0.3) is 0 Å². The van der Waals surface area contributed by atoms with Crippen LogP contribution >= 0.6 is 24.8 Å². The average molecular weight is 211 g/mol. The molecule has 70 valence electrons. The Hall–Kier alpha value is -0.580. The van der Waals surface area contributed by atoms with E-state index < -0.39 is 0 Å². The van der Waals surface area contributed by atoms with Gasteiger partial charge in [-0.3, -0.25) is 4.98 Å². The molecule has 6 heteroatoms. The normalized spacial score (nSPS) is 7.83. The minimum Gasteiger partial charge on any atom is -0.372 e. The molecule has 0 saturated heterocycles. The summed E-state index contributed by atoms with van der Waals surface area (Å²) < 4.78 is 0. The van der Waals surface area contributed by atoms with E-state index in [0.29, 0.717) is 6.54 Å². The zero-order chi connectivity index (χ0) is 7.40. The van der Waals surface area contributed by atoms with Crippen LogP contribution in [0.3, 0.4) is 0 Å². The van der Waals surface area contributed by atoms with Crippen LogP contribution in [0.4, 0.5) is 5.82 Å². The molecule has 0 spiro atoms. The molecule has 3 N–H and O–H groups in total. The van der Waals surface area contributed by atoms with Gasteiger partial charge in [0.25, 0.3) is 0 Å². The number of nitrogens with two attached hydrogens (primary N) is 1. The Balaban J connectivity index is 0. The molecule has 0 unspecified atom stereocenters. The minimum atomic E-state index is 0. The van der Waals surface area contributed by atoms with Gasteiger partial charge in [0.1, 0.15) is 5.82 Å². The van der Waals surface area contributed by atoms with Crippen LogP contribution in [0.2, 0.25) is 0 Å². The molecule has 0 aliphatic rings. The second-order valence-corrected chi connectivity index (χ2v) is 1.85. The fourth-order valence-corrected chi connectivity index (χ4v) is 0.589. The number of anilines is 1. The van der Waals surface area contributed by atoms with Gasteiger partial charge in [0, 0.05) is 13.6 Å². The number of halogens is 2. The zero-order valence-corrected chi connectivity index (χ0v) is 8.28. The molecule has 0 amide bonds. The fraction of sp³-hybridized carbons (Fsp3) is 0.333. The van der Waals surface area contributed by atoms with E-state index in [1.807, 2.05) is 0 Å². The summed E-state index contributed by atoms with van der Waals surface area (Å²) in [7, 11) is 1.80. The Labute approximate surface area is 83.8 Å². The molecular formula is C6H12Cl2N4. The molecule has 12 heavy (non-hydrogen) atoms. The van der Waals surface area contributed by atoms with Crippen LogP contribution in [-0.2, 0) is 6.54 Å². The maximum atomic E-state index is 5.32. The summed E-state index contributed by atoms with van der Waals surface area (Å²) in [4.78, 5) is 8.03. The van der Waals surface area contributed by atoms with Crippen molar-refractivity contribution >= 4 is 30.6 Å². The largest absolute Gasteiger partial charge is 0.372 e. The van der Waals surface area contributed by atoms with E-state index in [1.54, 1.807) is 19.4 Å². The lowest BCUT2D eigenvalue weighted by Crippen LogP contribution is -2.01. The first kappa shape index (κ1) is 14.0. The van der Waals surface area contributed by atoms with Crippen LogP contribution in [-0.4, -0.2) is 17.0 Å². The van der Waals surface area contributed by atoms with Crippen molar-refractivity contribution in [3.8, 4) is 0 Å². The molecule has 1 heterocycles. The SMILES string of the molecule is CNc1cnc(CN)cn1.Cl.Cl. The zero-order valence-electron chi connectivity index (χ0n) is 6.65. The summed E-state index contributed by atoms with van der Waals surface area (Å²) >= 11 is 0. The summed E-state index contributed by atoms with van der Waals surface area (Å²) in [6.07, 6.45) is 3.31. The van der Waals surface area contributed by atoms with Crippen molar-refractivity contribution in [3.05, 3.63) is 18.1 Å². The Bertz CT molecular complexity index is 178. The van der Waals surface area contributed by atoms with E-state index in [4.69, 9.17) is 5.73 Å². The van der Waals surface area contributed by atoms with Crippen molar-refractivity contribution in [1.29, 1.82) is 0 Å². The van der Waals surface area contributed by atoms with Crippen molar-refractivity contribution in [1.82, 2.24) is 9.97 Å². The lowest BCUT2D eigenvalue weighted by molar-refractivity contribution is 0.964. The molecule has 0 aromatic carbocycles. The van der Waals surface area contributed by atoms with Gasteiger partial charge in [-0.1, -0.05) is 0 Å². The Kier molecular flexibility index (Phi) is 8.26. The summed E-state index contributed by atoms with van der Waals surface area (Å²) in [5.41, 5.74) is 6.12. The third kappa shape index (κ3) is 3.71. The third-order valence-corrected chi connectivity index (χ3v) is 1.17. The van der Waals surface area contributed by atoms with Crippen molar-refractivity contribution in [2.75, 3.05) is 12.4 Å². The average Bonchev–Trinajstić information content (AvgIpc) is 2.05. The number of aromatic nitrogens is 2. The summed E-state index contributed by atoms with van der Waals surface area (Å²) in [5, 5.41) is 2.86. The monoisotopic (exact) mass is 210 g/mol. The molecule has 0 radical (unpaired) electrons. The Morgan fingerprint density at radius 3 is 2.33 bits per heavy atom. The highest BCUT2D eigenvalue weighted by Crippen LogP contribution is 1.97. The van der Waals surface area contributed by atoms with Crippen molar-refractivity contribution < 1.29 is 0 Å². The summed E-state index contributed by atoms with van der Waals surface area (Å²) in [6.45, 7) is 0.441. The summed E-state index contributed by atoms with van der Waals surface area (Å²) in [6, 6.07) is 0. The van der Waals surface area contributed by atoms with Gasteiger partial charge in [-0.05, 0) is 0 Å². The van der Waals surface area contributed by atoms with Gasteiger partial charge in [-0.2, -0.15) is 0 Å². The van der Waals surface area contributed by atoms with Gasteiger partial charge >= 0.3 is 0 Å². The van der Waals surface area contributed by atoms with Gasteiger partial charge in [0.2, 0.25) is 0 Å². The first-order valence-electron chi connectivity index (χ1n) is 3.05. The number of rotatable bonds is 2. The number of hydrogen-bond acceptors (Lipinski definition) is 4. The van der Waals surface area contributed by atoms with Crippen molar-refractivity contribution in [2.45, 2.75) is 6.54 Å². The molecule has 1 aromatic rings. The lowest BCUT2D eigenvalue weighted by atomic mass is 10.4. The van der Waals surface area contributed by atoms with Crippen LogP contribution in [0.1, 0.15) is 5.69 Å². The van der Waals surface area contributed by atoms with Gasteiger partial charge in [-0.15, -0.1) is 24.8 Å². The molecule has 4 nitrogen and oxygen atoms in total. The van der Waals surface area contributed by atoms with Gasteiger partial charge < -0.3 is 11.1 Å². The van der Waals surface area contributed by atoms with E-state index in [1.165, 1.54) is 0 Å². The molecule has 0 aliphatic carbocycles. The van der Waals surface area contributed by atoms with E-state index in [9.17, 15) is 0 Å². The van der Waals surface area contributed by atoms with Crippen LogP contribution < -0.4 is 11.1 Å². The third-order valence-electron chi connectivity index (χ3n) is 1.17. The Morgan fingerprint density at radius 1 is 1.33 bits per heavy atom. The number of hydrogen-bond donors (Lipinski definition) is 2. The van der Waals surface area contributed by atoms with Crippen molar-refractivity contribution in [3.63, 3.8) is 0 Å². The van der Waals surface area contributed by atoms with E-state index in [2.05, 4.69) is 15.3 Å². The smallest absolute Gasteiger partial charge is 0.144 e. The fourth-order valence-electron chi connectivity index (χ4n) is 0.589. The first-order valence-corrected chi connectivity index (χ1v) is 3.05. The maximum Gasteiger partial charge on any atom is 0.144 e. The standard InChI is InChI=1S/C6H10N4.2ClH/c1-8-6-4-9-5(2-7)3-10-6;;/h3-4H,2,7H2,1H3,(H,8,10);2*1H. The van der Waals surface area contributed by atoms with E-state index >= 15 is 0 Å². The second-order valence-electron chi connectivity index (χ2n) is 1.85. The summed E-state index contributed by atoms with van der Waals surface area (Å²) in [5.74, 6) is 0.761. The molecule has 1 aromatic heterocycles. The molecule has 1 rings (SSSR count). The highest BCUT2D eigenvalue weighted by molar-refractivity contribution is 5.85. The lowest BCUT2D eigenvalue weighted by Gasteiger charge is -1.97. The first-order chi connectivity index (χ1) is 4.86. The molecule has 0 bridgehead atoms. The molecule has 0 fully saturated rings. The maximum absolute atomic E-state index is 5.32. The molecule has 0 atom stereocenters. The number of nitrogens with one attached hydrogen (secondary N) is 1. The molecule has 0 saturated carbocycles. The van der Waals surface area contributed by atoms with Crippen LogP contribution in [0.15, 0.2) is 12.4 Å². The van der Waals surface area contributed by atoms with Crippen LogP contribution in [0, 0.1) is 0 Å². The van der Waals surface area contributed by atoms with Gasteiger partial charge in [0.15, 0.2) is 0 Å². The minimum absolute atomic E-state index is 0. The quantitative estimate of drug-likeness (QED) is 0.760. The highest BCUT2D eigenvalue weighted by atomic mass is 35.5. The number of nitrogens with zero attached hydrogens (tertiary/aromatic N) is 2. The second kappa shape index (κ2) is 7.09. The molecule has 0 aliphatic heterocycles. The van der Waals surface area contributed by atoms with E-state index in [-0.39, 0.29) is 24.8 Å². The van der Waals surface area contributed by atoms with Gasteiger partial charge in [0.05, 0.1) is 18.1 Å². The van der Waals surface area contributed by atoms with Crippen molar-refractivity contribution in [2.24, 2.45) is 5.73 Å². The van der Waals surface area contributed by atoms with E-state index in [0.717, 1.165) is 11.5 Å².